The van der Waals surface area contributed by atoms with E-state index in [-0.39, 0.29) is 20.6 Å². The third-order valence-electron chi connectivity index (χ3n) is 6.73. The summed E-state index contributed by atoms with van der Waals surface area (Å²) in [4.78, 5) is 0. The fourth-order valence-corrected chi connectivity index (χ4v) is 4.54. The number of ether oxygens (including phenoxy) is 3. The lowest BCUT2D eigenvalue weighted by atomic mass is 9.55. The van der Waals surface area contributed by atoms with Crippen LogP contribution in [-0.4, -0.2) is 68.1 Å². The average molecular weight is 566 g/mol. The molecule has 4 aromatic rings. The number of benzene rings is 4. The monoisotopic (exact) mass is 566 g/mol. The summed E-state index contributed by atoms with van der Waals surface area (Å²) in [6.07, 6.45) is 0. The molecule has 0 heterocycles. The highest BCUT2D eigenvalue weighted by Gasteiger charge is 2.23. The van der Waals surface area contributed by atoms with Gasteiger partial charge in [-0.25, -0.2) is 0 Å². The Balaban J connectivity index is 1.44. The van der Waals surface area contributed by atoms with E-state index in [2.05, 4.69) is 71.3 Å². The molecule has 0 aliphatic rings. The van der Waals surface area contributed by atoms with Crippen molar-refractivity contribution in [3.63, 3.8) is 0 Å². The second-order valence-electron chi connectivity index (χ2n) is 9.86. The Bertz CT molecular complexity index is 1290. The molecule has 42 heavy (non-hydrogen) atoms. The molecular weight excluding hydrogens is 526 g/mol. The van der Waals surface area contributed by atoms with Crippen LogP contribution < -0.4 is 37.2 Å². The van der Waals surface area contributed by atoms with Crippen LogP contribution in [0.3, 0.4) is 0 Å². The Hall–Kier alpha value is -3.43. The molecule has 0 spiro atoms. The SMILES string of the molecule is CNCCOB(c1ccccc1)c1ccc(Oc2ccc(B(OCCNC)c3ccc(COCOC)cc3)cc2)cc1. The van der Waals surface area contributed by atoms with E-state index in [1.165, 1.54) is 0 Å². The molecule has 9 heteroatoms. The second-order valence-corrected chi connectivity index (χ2v) is 9.86. The maximum Gasteiger partial charge on any atom is 0.361 e. The molecule has 0 radical (unpaired) electrons. The van der Waals surface area contributed by atoms with E-state index in [0.29, 0.717) is 19.8 Å². The summed E-state index contributed by atoms with van der Waals surface area (Å²) < 4.78 is 29.1. The van der Waals surface area contributed by atoms with Gasteiger partial charge in [-0.15, -0.1) is 0 Å². The first kappa shape index (κ1) is 31.5. The minimum atomic E-state index is -0.196. The Morgan fingerprint density at radius 1 is 0.571 bits per heavy atom. The number of hydrogen-bond donors (Lipinski definition) is 2. The van der Waals surface area contributed by atoms with Crippen LogP contribution in [0.5, 0.6) is 11.5 Å². The fourth-order valence-electron chi connectivity index (χ4n) is 4.54. The maximum absolute atomic E-state index is 6.29. The molecular formula is C33H40B2N2O5. The summed E-state index contributed by atoms with van der Waals surface area (Å²) in [6, 6.07) is 34.8. The van der Waals surface area contributed by atoms with Crippen molar-refractivity contribution in [2.75, 3.05) is 54.3 Å². The standard InChI is InChI=1S/C33H40B2N2O5/c1-36-21-23-40-34(28-7-5-4-6-8-28)30-13-17-32(18-14-30)42-33-19-15-31(16-20-33)35(41-24-22-37-2)29-11-9-27(10-12-29)25-39-26-38-3/h4-20,36-37H,21-26H2,1-3H3. The van der Waals surface area contributed by atoms with Crippen molar-refractivity contribution < 1.29 is 23.5 Å². The van der Waals surface area contributed by atoms with Crippen LogP contribution in [0.4, 0.5) is 0 Å². The first-order valence-corrected chi connectivity index (χ1v) is 14.3. The molecule has 218 valence electrons. The summed E-state index contributed by atoms with van der Waals surface area (Å²) in [7, 11) is 5.47. The molecule has 7 nitrogen and oxygen atoms in total. The van der Waals surface area contributed by atoms with Gasteiger partial charge < -0.3 is 34.2 Å². The lowest BCUT2D eigenvalue weighted by Crippen LogP contribution is -2.46. The number of hydrogen-bond acceptors (Lipinski definition) is 7. The van der Waals surface area contributed by atoms with Gasteiger partial charge in [-0.3, -0.25) is 0 Å². The molecule has 0 amide bonds. The van der Waals surface area contributed by atoms with Gasteiger partial charge in [0.25, 0.3) is 0 Å². The molecule has 4 aromatic carbocycles. The molecule has 0 saturated heterocycles. The van der Waals surface area contributed by atoms with Gasteiger partial charge >= 0.3 is 13.8 Å². The normalized spacial score (nSPS) is 10.9. The molecule has 0 saturated carbocycles. The van der Waals surface area contributed by atoms with Crippen molar-refractivity contribution in [1.82, 2.24) is 10.6 Å². The van der Waals surface area contributed by atoms with E-state index in [9.17, 15) is 0 Å². The maximum atomic E-state index is 6.29. The van der Waals surface area contributed by atoms with Crippen LogP contribution in [0.25, 0.3) is 0 Å². The lowest BCUT2D eigenvalue weighted by molar-refractivity contribution is -0.0390. The van der Waals surface area contributed by atoms with Gasteiger partial charge in [-0.1, -0.05) is 78.9 Å². The second kappa shape index (κ2) is 17.5. The summed E-state index contributed by atoms with van der Waals surface area (Å²) >= 11 is 0. The molecule has 0 atom stereocenters. The highest BCUT2D eigenvalue weighted by atomic mass is 16.7. The predicted molar refractivity (Wildman–Crippen MR) is 172 cm³/mol. The first-order valence-electron chi connectivity index (χ1n) is 14.3. The lowest BCUT2D eigenvalue weighted by Gasteiger charge is -2.17. The van der Waals surface area contributed by atoms with Gasteiger partial charge in [-0.2, -0.15) is 0 Å². The van der Waals surface area contributed by atoms with Crippen LogP contribution in [-0.2, 0) is 25.4 Å². The highest BCUT2D eigenvalue weighted by Crippen LogP contribution is 2.19. The third-order valence-corrected chi connectivity index (χ3v) is 6.73. The van der Waals surface area contributed by atoms with Crippen molar-refractivity contribution in [2.24, 2.45) is 0 Å². The zero-order valence-corrected chi connectivity index (χ0v) is 24.8. The molecule has 0 aliphatic carbocycles. The van der Waals surface area contributed by atoms with Crippen LogP contribution in [0, 0.1) is 0 Å². The third kappa shape index (κ3) is 9.56. The van der Waals surface area contributed by atoms with Crippen molar-refractivity contribution >= 4 is 35.7 Å². The van der Waals surface area contributed by atoms with Crippen LogP contribution in [0.1, 0.15) is 5.56 Å². The average Bonchev–Trinajstić information content (AvgIpc) is 3.04. The largest absolute Gasteiger partial charge is 0.457 e. The molecule has 4 rings (SSSR count). The van der Waals surface area contributed by atoms with Crippen molar-refractivity contribution in [3.8, 4) is 11.5 Å². The smallest absolute Gasteiger partial charge is 0.361 e. The van der Waals surface area contributed by atoms with Crippen molar-refractivity contribution in [1.29, 1.82) is 0 Å². The molecule has 0 aliphatic heterocycles. The molecule has 0 unspecified atom stereocenters. The van der Waals surface area contributed by atoms with Gasteiger partial charge in [0, 0.05) is 33.4 Å². The van der Waals surface area contributed by atoms with Gasteiger partial charge in [-0.05, 0) is 65.8 Å². The molecule has 0 bridgehead atoms. The van der Waals surface area contributed by atoms with E-state index < -0.39 is 0 Å². The zero-order chi connectivity index (χ0) is 29.4. The minimum absolute atomic E-state index is 0.139. The molecule has 2 N–H and O–H groups in total. The Morgan fingerprint density at radius 2 is 1.02 bits per heavy atom. The van der Waals surface area contributed by atoms with Crippen LogP contribution in [0.2, 0.25) is 0 Å². The number of rotatable bonds is 18. The van der Waals surface area contributed by atoms with Gasteiger partial charge in [0.2, 0.25) is 0 Å². The number of nitrogens with one attached hydrogen (secondary N) is 2. The fraction of sp³-hybridized carbons (Fsp3) is 0.273. The van der Waals surface area contributed by atoms with Crippen LogP contribution >= 0.6 is 0 Å². The van der Waals surface area contributed by atoms with E-state index in [1.807, 2.05) is 56.6 Å². The number of methoxy groups -OCH3 is 1. The summed E-state index contributed by atoms with van der Waals surface area (Å²) in [5.74, 6) is 1.53. The highest BCUT2D eigenvalue weighted by molar-refractivity contribution is 6.80. The van der Waals surface area contributed by atoms with E-state index >= 15 is 0 Å². The number of likely N-dealkylation sites (N-methyl/N-ethyl adjacent to an activating group) is 2. The Kier molecular flexibility index (Phi) is 13.1. The topological polar surface area (TPSA) is 70.2 Å². The summed E-state index contributed by atoms with van der Waals surface area (Å²) in [6.45, 7) is 3.20. The molecule has 0 aromatic heterocycles. The van der Waals surface area contributed by atoms with Crippen molar-refractivity contribution in [2.45, 2.75) is 6.61 Å². The van der Waals surface area contributed by atoms with Gasteiger partial charge in [0.05, 0.1) is 6.61 Å². The van der Waals surface area contributed by atoms with E-state index in [4.69, 9.17) is 23.5 Å². The first-order chi connectivity index (χ1) is 20.7. The Morgan fingerprint density at radius 3 is 1.48 bits per heavy atom. The predicted octanol–water partition coefficient (Wildman–Crippen LogP) is 2.28. The molecule has 0 fully saturated rings. The Labute approximate surface area is 250 Å². The summed E-state index contributed by atoms with van der Waals surface area (Å²) in [5, 5.41) is 6.29. The van der Waals surface area contributed by atoms with Gasteiger partial charge in [0.1, 0.15) is 18.3 Å². The summed E-state index contributed by atoms with van der Waals surface area (Å²) in [5.41, 5.74) is 5.42. The van der Waals surface area contributed by atoms with Gasteiger partial charge in [0.15, 0.2) is 0 Å². The zero-order valence-electron chi connectivity index (χ0n) is 24.8. The van der Waals surface area contributed by atoms with E-state index in [0.717, 1.165) is 52.0 Å². The van der Waals surface area contributed by atoms with Crippen LogP contribution in [0.15, 0.2) is 103 Å². The quantitative estimate of drug-likeness (QED) is 0.109. The van der Waals surface area contributed by atoms with Crippen molar-refractivity contribution in [3.05, 3.63) is 109 Å². The van der Waals surface area contributed by atoms with E-state index in [1.54, 1.807) is 7.11 Å². The minimum Gasteiger partial charge on any atom is -0.457 e.